The Balaban J connectivity index is 1.50. The maximum atomic E-state index is 13.8. The molecule has 1 aliphatic heterocycles. The zero-order chi connectivity index (χ0) is 24.0. The average Bonchev–Trinajstić information content (AvgIpc) is 3.12. The minimum absolute atomic E-state index is 0.0496. The SMILES string of the molecule is O=C1[C@@H]2CC[C@@H](c3ccc(Cl)cc3Cl)[C@H](c3ccc(Cl)cc3)[C@@H]2CN1Cc1ccc(F)c(F)c1. The molecule has 2 aliphatic rings. The number of rotatable bonds is 4. The second-order valence-electron chi connectivity index (χ2n) is 9.16. The number of hydrogen-bond acceptors (Lipinski definition) is 1. The predicted molar refractivity (Wildman–Crippen MR) is 131 cm³/mol. The third-order valence-corrected chi connectivity index (χ3v) is 8.05. The van der Waals surface area contributed by atoms with Crippen molar-refractivity contribution in [2.75, 3.05) is 6.54 Å². The largest absolute Gasteiger partial charge is 0.338 e. The van der Waals surface area contributed by atoms with Gasteiger partial charge < -0.3 is 4.90 Å². The summed E-state index contributed by atoms with van der Waals surface area (Å²) in [5.41, 5.74) is 2.71. The lowest BCUT2D eigenvalue weighted by Crippen LogP contribution is -2.32. The highest BCUT2D eigenvalue weighted by atomic mass is 35.5. The minimum atomic E-state index is -0.905. The lowest BCUT2D eigenvalue weighted by molar-refractivity contribution is -0.132. The van der Waals surface area contributed by atoms with Crippen molar-refractivity contribution >= 4 is 40.7 Å². The Hall–Kier alpha value is -2.14. The first-order valence-electron chi connectivity index (χ1n) is 11.2. The monoisotopic (exact) mass is 519 g/mol. The topological polar surface area (TPSA) is 20.3 Å². The molecule has 1 saturated heterocycles. The molecule has 176 valence electrons. The lowest BCUT2D eigenvalue weighted by atomic mass is 9.63. The summed E-state index contributed by atoms with van der Waals surface area (Å²) >= 11 is 18.9. The smallest absolute Gasteiger partial charge is 0.226 e. The Kier molecular flexibility index (Phi) is 6.58. The molecule has 0 radical (unpaired) electrons. The number of fused-ring (bicyclic) bond motifs is 1. The summed E-state index contributed by atoms with van der Waals surface area (Å²) in [5.74, 6) is -1.64. The molecule has 1 aliphatic carbocycles. The molecule has 4 atom stereocenters. The maximum absolute atomic E-state index is 13.8. The van der Waals surface area contributed by atoms with Crippen LogP contribution < -0.4 is 0 Å². The summed E-state index contributed by atoms with van der Waals surface area (Å²) in [6, 6.07) is 17.2. The van der Waals surface area contributed by atoms with Crippen LogP contribution in [0.2, 0.25) is 15.1 Å². The molecule has 34 heavy (non-hydrogen) atoms. The third kappa shape index (κ3) is 4.44. The summed E-state index contributed by atoms with van der Waals surface area (Å²) in [6.07, 6.45) is 1.55. The minimum Gasteiger partial charge on any atom is -0.338 e. The fraction of sp³-hybridized carbons (Fsp3) is 0.296. The van der Waals surface area contributed by atoms with Gasteiger partial charge in [-0.05, 0) is 83.7 Å². The highest BCUT2D eigenvalue weighted by Gasteiger charge is 2.50. The van der Waals surface area contributed by atoms with Gasteiger partial charge in [-0.1, -0.05) is 59.1 Å². The summed E-state index contributed by atoms with van der Waals surface area (Å²) in [6.45, 7) is 0.792. The predicted octanol–water partition coefficient (Wildman–Crippen LogP) is 7.86. The van der Waals surface area contributed by atoms with Crippen molar-refractivity contribution < 1.29 is 13.6 Å². The van der Waals surface area contributed by atoms with Crippen LogP contribution in [0.4, 0.5) is 8.78 Å². The van der Waals surface area contributed by atoms with Gasteiger partial charge in [0, 0.05) is 34.1 Å². The van der Waals surface area contributed by atoms with E-state index in [-0.39, 0.29) is 36.1 Å². The highest BCUT2D eigenvalue weighted by molar-refractivity contribution is 6.35. The van der Waals surface area contributed by atoms with E-state index in [4.69, 9.17) is 34.8 Å². The first-order valence-corrected chi connectivity index (χ1v) is 12.4. The standard InChI is InChI=1S/C27H22Cl3F2NO/c28-17-4-2-16(3-5-17)26-20(19-7-6-18(29)12-23(19)30)8-9-21-22(26)14-33(27(21)34)13-15-1-10-24(31)25(32)11-15/h1-7,10-12,20-22,26H,8-9,13-14H2/t20-,21+,22+,26-/m0/s1. The zero-order valence-corrected chi connectivity index (χ0v) is 20.4. The van der Waals surface area contributed by atoms with Crippen LogP contribution in [-0.2, 0) is 11.3 Å². The van der Waals surface area contributed by atoms with E-state index in [0.29, 0.717) is 27.2 Å². The normalized spacial score (nSPS) is 24.4. The molecule has 3 aromatic carbocycles. The summed E-state index contributed by atoms with van der Waals surface area (Å²) < 4.78 is 27.1. The van der Waals surface area contributed by atoms with Gasteiger partial charge in [-0.15, -0.1) is 0 Å². The lowest BCUT2D eigenvalue weighted by Gasteiger charge is -2.40. The van der Waals surface area contributed by atoms with Gasteiger partial charge in [0.2, 0.25) is 5.91 Å². The Morgan fingerprint density at radius 3 is 2.24 bits per heavy atom. The van der Waals surface area contributed by atoms with E-state index in [1.807, 2.05) is 36.4 Å². The maximum Gasteiger partial charge on any atom is 0.226 e. The molecule has 7 heteroatoms. The van der Waals surface area contributed by atoms with Gasteiger partial charge >= 0.3 is 0 Å². The average molecular weight is 521 g/mol. The molecule has 1 amide bonds. The number of amides is 1. The highest BCUT2D eigenvalue weighted by Crippen LogP contribution is 2.54. The number of carbonyl (C=O) groups excluding carboxylic acids is 1. The van der Waals surface area contributed by atoms with Crippen molar-refractivity contribution in [3.05, 3.63) is 104 Å². The van der Waals surface area contributed by atoms with Crippen LogP contribution in [0.3, 0.4) is 0 Å². The number of hydrogen-bond donors (Lipinski definition) is 0. The summed E-state index contributed by atoms with van der Waals surface area (Å²) in [4.78, 5) is 15.1. The van der Waals surface area contributed by atoms with Gasteiger partial charge in [-0.25, -0.2) is 8.78 Å². The number of halogens is 5. The van der Waals surface area contributed by atoms with Gasteiger partial charge in [0.25, 0.3) is 0 Å². The van der Waals surface area contributed by atoms with E-state index in [1.165, 1.54) is 6.07 Å². The Labute approximate surface area is 212 Å². The van der Waals surface area contributed by atoms with E-state index in [1.54, 1.807) is 11.0 Å². The van der Waals surface area contributed by atoms with Crippen molar-refractivity contribution in [2.45, 2.75) is 31.2 Å². The van der Waals surface area contributed by atoms with Gasteiger partial charge in [0.05, 0.1) is 0 Å². The van der Waals surface area contributed by atoms with Gasteiger partial charge in [-0.3, -0.25) is 4.79 Å². The van der Waals surface area contributed by atoms with Crippen LogP contribution in [0.5, 0.6) is 0 Å². The van der Waals surface area contributed by atoms with Crippen LogP contribution in [0.1, 0.15) is 41.4 Å². The fourth-order valence-corrected chi connectivity index (χ4v) is 6.42. The van der Waals surface area contributed by atoms with Crippen molar-refractivity contribution in [3.63, 3.8) is 0 Å². The van der Waals surface area contributed by atoms with Crippen LogP contribution in [-0.4, -0.2) is 17.4 Å². The van der Waals surface area contributed by atoms with Gasteiger partial charge in [0.15, 0.2) is 11.6 Å². The molecule has 0 aromatic heterocycles. The molecule has 5 rings (SSSR count). The van der Waals surface area contributed by atoms with Crippen molar-refractivity contribution in [3.8, 4) is 0 Å². The molecule has 0 N–H and O–H groups in total. The molecule has 3 aromatic rings. The van der Waals surface area contributed by atoms with Crippen molar-refractivity contribution in [2.24, 2.45) is 11.8 Å². The van der Waals surface area contributed by atoms with E-state index < -0.39 is 11.6 Å². The number of benzene rings is 3. The van der Waals surface area contributed by atoms with Crippen LogP contribution in [0.25, 0.3) is 0 Å². The first-order chi connectivity index (χ1) is 16.3. The zero-order valence-electron chi connectivity index (χ0n) is 18.2. The second-order valence-corrected chi connectivity index (χ2v) is 10.4. The molecule has 0 bridgehead atoms. The molecular formula is C27H22Cl3F2NO. The quantitative estimate of drug-likeness (QED) is 0.343. The molecule has 2 nitrogen and oxygen atoms in total. The molecule has 2 fully saturated rings. The number of likely N-dealkylation sites (tertiary alicyclic amines) is 1. The molecule has 0 unspecified atom stereocenters. The molecule has 0 spiro atoms. The fourth-order valence-electron chi connectivity index (χ4n) is 5.74. The Morgan fingerprint density at radius 1 is 0.824 bits per heavy atom. The van der Waals surface area contributed by atoms with Crippen LogP contribution >= 0.6 is 34.8 Å². The third-order valence-electron chi connectivity index (χ3n) is 7.23. The van der Waals surface area contributed by atoms with E-state index >= 15 is 0 Å². The molecule has 1 heterocycles. The number of nitrogens with zero attached hydrogens (tertiary/aromatic N) is 1. The summed E-state index contributed by atoms with van der Waals surface area (Å²) in [5, 5.41) is 1.86. The Bertz CT molecular complexity index is 1230. The Morgan fingerprint density at radius 2 is 1.53 bits per heavy atom. The van der Waals surface area contributed by atoms with Gasteiger partial charge in [0.1, 0.15) is 0 Å². The van der Waals surface area contributed by atoms with E-state index in [2.05, 4.69) is 0 Å². The van der Waals surface area contributed by atoms with Crippen LogP contribution in [0, 0.1) is 23.5 Å². The molecule has 1 saturated carbocycles. The number of carbonyl (C=O) groups is 1. The van der Waals surface area contributed by atoms with Crippen molar-refractivity contribution in [1.82, 2.24) is 4.90 Å². The van der Waals surface area contributed by atoms with E-state index in [0.717, 1.165) is 36.1 Å². The molecular weight excluding hydrogens is 499 g/mol. The second kappa shape index (κ2) is 9.49. The summed E-state index contributed by atoms with van der Waals surface area (Å²) in [7, 11) is 0. The van der Waals surface area contributed by atoms with Gasteiger partial charge in [-0.2, -0.15) is 0 Å². The van der Waals surface area contributed by atoms with Crippen LogP contribution in [0.15, 0.2) is 60.7 Å². The van der Waals surface area contributed by atoms with E-state index in [9.17, 15) is 13.6 Å². The first kappa shape index (κ1) is 23.6. The van der Waals surface area contributed by atoms with Crippen molar-refractivity contribution in [1.29, 1.82) is 0 Å².